The van der Waals surface area contributed by atoms with Crippen LogP contribution in [-0.2, 0) is 14.8 Å². The quantitative estimate of drug-likeness (QED) is 0.497. The molecule has 0 atom stereocenters. The van der Waals surface area contributed by atoms with Gasteiger partial charge in [-0.05, 0) is 48.5 Å². The van der Waals surface area contributed by atoms with Crippen molar-refractivity contribution in [1.29, 1.82) is 0 Å². The van der Waals surface area contributed by atoms with Crippen molar-refractivity contribution < 1.29 is 17.9 Å². The van der Waals surface area contributed by atoms with Crippen molar-refractivity contribution in [2.45, 2.75) is 10.1 Å². The highest BCUT2D eigenvalue weighted by atomic mass is 32.2. The molecule has 0 radical (unpaired) electrons. The minimum atomic E-state index is -3.76. The van der Waals surface area contributed by atoms with Crippen molar-refractivity contribution in [3.8, 4) is 17.1 Å². The van der Waals surface area contributed by atoms with Crippen molar-refractivity contribution >= 4 is 33.4 Å². The lowest BCUT2D eigenvalue weighted by atomic mass is 10.2. The monoisotopic (exact) mass is 419 g/mol. The molecule has 0 aliphatic rings. The number of anilines is 1. The number of nitrogens with one attached hydrogen (secondary N) is 2. The number of sulfonamides is 1. The van der Waals surface area contributed by atoms with Gasteiger partial charge < -0.3 is 10.1 Å². The van der Waals surface area contributed by atoms with Gasteiger partial charge in [0, 0.05) is 11.3 Å². The van der Waals surface area contributed by atoms with E-state index < -0.39 is 10.0 Å². The Kier molecular flexibility index (Phi) is 5.97. The Morgan fingerprint density at radius 2 is 1.86 bits per heavy atom. The number of thioether (sulfide) groups is 1. The normalized spacial score (nSPS) is 11.2. The third kappa shape index (κ3) is 5.09. The summed E-state index contributed by atoms with van der Waals surface area (Å²) in [4.78, 5) is 16.4. The van der Waals surface area contributed by atoms with Crippen LogP contribution in [0.25, 0.3) is 11.4 Å². The molecule has 146 valence electrons. The molecule has 0 aliphatic carbocycles. The molecule has 0 unspecified atom stereocenters. The molecule has 11 heteroatoms. The molecule has 2 aromatic carbocycles. The summed E-state index contributed by atoms with van der Waals surface area (Å²) in [6, 6.07) is 12.9. The Balaban J connectivity index is 1.55. The molecule has 0 fully saturated rings. The van der Waals surface area contributed by atoms with E-state index in [2.05, 4.69) is 20.5 Å². The maximum atomic E-state index is 12.1. The number of hydrogen-bond donors (Lipinski definition) is 3. The first-order chi connectivity index (χ1) is 13.3. The molecule has 9 nitrogen and oxygen atoms in total. The van der Waals surface area contributed by atoms with Crippen LogP contribution in [0.5, 0.6) is 5.75 Å². The van der Waals surface area contributed by atoms with Crippen LogP contribution in [0.15, 0.2) is 58.6 Å². The number of benzene rings is 2. The summed E-state index contributed by atoms with van der Waals surface area (Å²) in [5.41, 5.74) is 1.31. The zero-order valence-corrected chi connectivity index (χ0v) is 16.4. The van der Waals surface area contributed by atoms with Gasteiger partial charge >= 0.3 is 0 Å². The first-order valence-electron chi connectivity index (χ1n) is 7.97. The Hall–Kier alpha value is -2.89. The Morgan fingerprint density at radius 1 is 1.18 bits per heavy atom. The van der Waals surface area contributed by atoms with Crippen LogP contribution in [0, 0.1) is 0 Å². The van der Waals surface area contributed by atoms with Crippen molar-refractivity contribution in [1.82, 2.24) is 15.2 Å². The van der Waals surface area contributed by atoms with Gasteiger partial charge in [0.25, 0.3) is 0 Å². The second-order valence-electron chi connectivity index (χ2n) is 5.60. The molecule has 1 amide bonds. The molecular formula is C17H17N5O4S2. The first-order valence-corrected chi connectivity index (χ1v) is 10.5. The number of carbonyl (C=O) groups is 1. The van der Waals surface area contributed by atoms with Gasteiger partial charge in [0.15, 0.2) is 5.82 Å². The fraction of sp³-hybridized carbons (Fsp3) is 0.118. The van der Waals surface area contributed by atoms with Crippen LogP contribution < -0.4 is 15.2 Å². The average molecular weight is 419 g/mol. The summed E-state index contributed by atoms with van der Waals surface area (Å²) in [5.74, 6) is 1.15. The predicted molar refractivity (Wildman–Crippen MR) is 106 cm³/mol. The fourth-order valence-corrected chi connectivity index (χ4v) is 3.36. The number of carbonyl (C=O) groups excluding carboxylic acids is 1. The summed E-state index contributed by atoms with van der Waals surface area (Å²) in [6.45, 7) is 0. The van der Waals surface area contributed by atoms with E-state index in [0.29, 0.717) is 16.7 Å². The number of nitrogens with zero attached hydrogens (tertiary/aromatic N) is 2. The van der Waals surface area contributed by atoms with Gasteiger partial charge in [0.1, 0.15) is 5.75 Å². The van der Waals surface area contributed by atoms with Gasteiger partial charge in [0.05, 0.1) is 17.8 Å². The van der Waals surface area contributed by atoms with Crippen LogP contribution in [0.3, 0.4) is 0 Å². The number of ether oxygens (including phenoxy) is 1. The van der Waals surface area contributed by atoms with E-state index in [1.165, 1.54) is 36.0 Å². The van der Waals surface area contributed by atoms with Crippen LogP contribution in [-0.4, -0.2) is 42.4 Å². The zero-order chi connectivity index (χ0) is 20.1. The smallest absolute Gasteiger partial charge is 0.238 e. The SMILES string of the molecule is COc1ccc(-c2nc(SCC(=O)Nc3ccc(S(N)(=O)=O)cc3)n[nH]2)cc1. The molecule has 0 saturated heterocycles. The second-order valence-corrected chi connectivity index (χ2v) is 8.11. The number of methoxy groups -OCH3 is 1. The highest BCUT2D eigenvalue weighted by molar-refractivity contribution is 7.99. The topological polar surface area (TPSA) is 140 Å². The molecule has 3 aromatic rings. The van der Waals surface area contributed by atoms with Crippen LogP contribution in [0.2, 0.25) is 0 Å². The molecule has 0 saturated carbocycles. The number of hydrogen-bond acceptors (Lipinski definition) is 7. The van der Waals surface area contributed by atoms with Crippen molar-refractivity contribution in [2.75, 3.05) is 18.2 Å². The molecule has 0 bridgehead atoms. The van der Waals surface area contributed by atoms with Gasteiger partial charge in [-0.1, -0.05) is 11.8 Å². The average Bonchev–Trinajstić information content (AvgIpc) is 3.15. The van der Waals surface area contributed by atoms with E-state index in [0.717, 1.165) is 11.3 Å². The van der Waals surface area contributed by atoms with E-state index in [-0.39, 0.29) is 16.6 Å². The minimum Gasteiger partial charge on any atom is -0.497 e. The summed E-state index contributed by atoms with van der Waals surface area (Å²) in [5, 5.41) is 15.1. The first kappa shape index (κ1) is 19.9. The zero-order valence-electron chi connectivity index (χ0n) is 14.7. The molecule has 1 heterocycles. The van der Waals surface area contributed by atoms with E-state index in [1.807, 2.05) is 24.3 Å². The van der Waals surface area contributed by atoms with Gasteiger partial charge in [-0.25, -0.2) is 18.5 Å². The van der Waals surface area contributed by atoms with Crippen molar-refractivity contribution in [3.05, 3.63) is 48.5 Å². The van der Waals surface area contributed by atoms with E-state index in [1.54, 1.807) is 7.11 Å². The number of primary sulfonamides is 1. The molecule has 0 aliphatic heterocycles. The Labute approximate surface area is 165 Å². The summed E-state index contributed by atoms with van der Waals surface area (Å²) in [6.07, 6.45) is 0. The van der Waals surface area contributed by atoms with E-state index >= 15 is 0 Å². The van der Waals surface area contributed by atoms with Crippen LogP contribution >= 0.6 is 11.8 Å². The van der Waals surface area contributed by atoms with E-state index in [9.17, 15) is 13.2 Å². The Morgan fingerprint density at radius 3 is 2.46 bits per heavy atom. The van der Waals surface area contributed by atoms with E-state index in [4.69, 9.17) is 9.88 Å². The molecule has 0 spiro atoms. The summed E-state index contributed by atoms with van der Waals surface area (Å²) in [7, 11) is -2.17. The highest BCUT2D eigenvalue weighted by Gasteiger charge is 2.11. The molecule has 28 heavy (non-hydrogen) atoms. The lowest BCUT2D eigenvalue weighted by Crippen LogP contribution is -2.15. The Bertz CT molecular complexity index is 1060. The number of H-pyrrole nitrogens is 1. The number of aromatic nitrogens is 3. The number of rotatable bonds is 7. The summed E-state index contributed by atoms with van der Waals surface area (Å²) < 4.78 is 27.6. The lowest BCUT2D eigenvalue weighted by Gasteiger charge is -2.05. The molecular weight excluding hydrogens is 402 g/mol. The number of aromatic amines is 1. The van der Waals surface area contributed by atoms with Gasteiger partial charge in [-0.15, -0.1) is 5.10 Å². The minimum absolute atomic E-state index is 0.0216. The standard InChI is InChI=1S/C17H17N5O4S2/c1-26-13-6-2-11(3-7-13)16-20-17(22-21-16)27-10-15(23)19-12-4-8-14(9-5-12)28(18,24)25/h2-9H,10H2,1H3,(H,19,23)(H2,18,24,25)(H,20,21,22). The predicted octanol–water partition coefficient (Wildman–Crippen LogP) is 1.86. The highest BCUT2D eigenvalue weighted by Crippen LogP contribution is 2.22. The fourth-order valence-electron chi connectivity index (χ4n) is 2.24. The number of amides is 1. The number of nitrogens with two attached hydrogens (primary N) is 1. The molecule has 3 rings (SSSR count). The van der Waals surface area contributed by atoms with Crippen molar-refractivity contribution in [2.24, 2.45) is 5.14 Å². The largest absolute Gasteiger partial charge is 0.497 e. The van der Waals surface area contributed by atoms with Gasteiger partial charge in [-0.2, -0.15) is 0 Å². The third-order valence-corrected chi connectivity index (χ3v) is 5.40. The lowest BCUT2D eigenvalue weighted by molar-refractivity contribution is -0.113. The van der Waals surface area contributed by atoms with Crippen LogP contribution in [0.1, 0.15) is 0 Å². The molecule has 1 aromatic heterocycles. The third-order valence-electron chi connectivity index (χ3n) is 3.63. The van der Waals surface area contributed by atoms with Gasteiger partial charge in [0.2, 0.25) is 21.1 Å². The second kappa shape index (κ2) is 8.42. The van der Waals surface area contributed by atoms with Crippen molar-refractivity contribution in [3.63, 3.8) is 0 Å². The maximum absolute atomic E-state index is 12.1. The summed E-state index contributed by atoms with van der Waals surface area (Å²) >= 11 is 1.17. The molecule has 4 N–H and O–H groups in total. The van der Waals surface area contributed by atoms with Gasteiger partial charge in [-0.3, -0.25) is 9.89 Å². The van der Waals surface area contributed by atoms with Crippen LogP contribution in [0.4, 0.5) is 5.69 Å². The maximum Gasteiger partial charge on any atom is 0.238 e.